The first-order chi connectivity index (χ1) is 14.0. The van der Waals surface area contributed by atoms with Crippen LogP contribution in [0.2, 0.25) is 0 Å². The van der Waals surface area contributed by atoms with E-state index in [4.69, 9.17) is 17.0 Å². The van der Waals surface area contributed by atoms with Crippen molar-refractivity contribution in [1.82, 2.24) is 14.3 Å². The Bertz CT molecular complexity index is 901. The van der Waals surface area contributed by atoms with Crippen molar-refractivity contribution >= 4 is 29.8 Å². The van der Waals surface area contributed by atoms with Crippen molar-refractivity contribution in [2.75, 3.05) is 25.0 Å². The minimum absolute atomic E-state index is 0.0232. The number of anilines is 1. The van der Waals surface area contributed by atoms with Crippen LogP contribution in [-0.4, -0.2) is 45.9 Å². The zero-order chi connectivity index (χ0) is 20.8. The van der Waals surface area contributed by atoms with Crippen LogP contribution in [0.25, 0.3) is 0 Å². The van der Waals surface area contributed by atoms with Gasteiger partial charge in [0.2, 0.25) is 10.7 Å². The molecule has 1 saturated heterocycles. The smallest absolute Gasteiger partial charge is 0.313 e. The highest BCUT2D eigenvalue weighted by Gasteiger charge is 2.28. The van der Waals surface area contributed by atoms with Crippen molar-refractivity contribution in [2.24, 2.45) is 13.0 Å². The Kier molecular flexibility index (Phi) is 7.16. The highest BCUT2D eigenvalue weighted by Crippen LogP contribution is 2.14. The first-order valence-corrected chi connectivity index (χ1v) is 10.4. The summed E-state index contributed by atoms with van der Waals surface area (Å²) < 4.78 is 9.11. The number of hydrogen-bond donors (Lipinski definition) is 2. The Morgan fingerprint density at radius 3 is 2.62 bits per heavy atom. The molecule has 1 aromatic heterocycles. The average Bonchev–Trinajstić information content (AvgIpc) is 2.97. The Morgan fingerprint density at radius 1 is 1.28 bits per heavy atom. The largest absolute Gasteiger partial charge is 0.466 e. The second-order valence-electron chi connectivity index (χ2n) is 7.28. The van der Waals surface area contributed by atoms with Crippen LogP contribution in [0, 0.1) is 10.7 Å². The van der Waals surface area contributed by atoms with Crippen LogP contribution in [0.4, 0.5) is 5.69 Å². The molecule has 1 aliphatic rings. The molecule has 0 saturated carbocycles. The van der Waals surface area contributed by atoms with E-state index in [-0.39, 0.29) is 24.2 Å². The third-order valence-corrected chi connectivity index (χ3v) is 5.70. The van der Waals surface area contributed by atoms with Gasteiger partial charge in [0, 0.05) is 31.5 Å². The summed E-state index contributed by atoms with van der Waals surface area (Å²) in [7, 11) is 1.82. The van der Waals surface area contributed by atoms with Crippen LogP contribution in [0.1, 0.15) is 25.6 Å². The Hall–Kier alpha value is -2.52. The van der Waals surface area contributed by atoms with Gasteiger partial charge in [0.15, 0.2) is 6.67 Å². The fourth-order valence-corrected chi connectivity index (χ4v) is 3.77. The average molecular weight is 419 g/mol. The van der Waals surface area contributed by atoms with Crippen LogP contribution in [0.3, 0.4) is 0 Å². The number of para-hydroxylation sites is 1. The molecule has 29 heavy (non-hydrogen) atoms. The number of esters is 1. The monoisotopic (exact) mass is 418 g/mol. The zero-order valence-electron chi connectivity index (χ0n) is 16.9. The van der Waals surface area contributed by atoms with Crippen molar-refractivity contribution in [2.45, 2.75) is 32.9 Å². The number of likely N-dealkylation sites (tertiary alicyclic amines) is 1. The van der Waals surface area contributed by atoms with E-state index in [1.807, 2.05) is 37.4 Å². The fourth-order valence-electron chi connectivity index (χ4n) is 3.55. The SMILES string of the molecule is CCOC(=O)Cc1nn(C[NH+]2CCC(C(=O)Nc3ccccc3)CC2)c(=S)n1C. The zero-order valence-corrected chi connectivity index (χ0v) is 17.7. The summed E-state index contributed by atoms with van der Waals surface area (Å²) in [5.41, 5.74) is 0.834. The molecule has 0 aliphatic carbocycles. The van der Waals surface area contributed by atoms with Crippen molar-refractivity contribution in [3.63, 3.8) is 0 Å². The fraction of sp³-hybridized carbons (Fsp3) is 0.500. The number of carbonyl (C=O) groups excluding carboxylic acids is 2. The van der Waals surface area contributed by atoms with Crippen molar-refractivity contribution in [3.8, 4) is 0 Å². The number of rotatable bonds is 7. The molecular formula is C20H28N5O3S+. The topological polar surface area (TPSA) is 82.6 Å². The van der Waals surface area contributed by atoms with Crippen LogP contribution < -0.4 is 10.2 Å². The molecule has 8 nitrogen and oxygen atoms in total. The summed E-state index contributed by atoms with van der Waals surface area (Å²) in [6, 6.07) is 9.55. The number of benzene rings is 1. The highest BCUT2D eigenvalue weighted by molar-refractivity contribution is 7.71. The van der Waals surface area contributed by atoms with Gasteiger partial charge in [-0.15, -0.1) is 0 Å². The minimum atomic E-state index is -0.305. The third kappa shape index (κ3) is 5.51. The number of carbonyl (C=O) groups is 2. The number of nitrogens with one attached hydrogen (secondary N) is 2. The molecule has 2 heterocycles. The molecule has 156 valence electrons. The number of piperidine rings is 1. The molecule has 9 heteroatoms. The van der Waals surface area contributed by atoms with E-state index in [0.717, 1.165) is 31.6 Å². The number of hydrogen-bond acceptors (Lipinski definition) is 5. The van der Waals surface area contributed by atoms with E-state index in [9.17, 15) is 9.59 Å². The molecule has 1 aliphatic heterocycles. The molecule has 2 aromatic rings. The van der Waals surface area contributed by atoms with E-state index >= 15 is 0 Å². The minimum Gasteiger partial charge on any atom is -0.466 e. The summed E-state index contributed by atoms with van der Waals surface area (Å²) in [5, 5.41) is 7.51. The van der Waals surface area contributed by atoms with Gasteiger partial charge in [0.05, 0.1) is 19.7 Å². The molecule has 2 N–H and O–H groups in total. The number of amides is 1. The summed E-state index contributed by atoms with van der Waals surface area (Å²) >= 11 is 5.47. The first-order valence-electron chi connectivity index (χ1n) is 9.95. The molecule has 3 rings (SSSR count). The Morgan fingerprint density at radius 2 is 1.97 bits per heavy atom. The highest BCUT2D eigenvalue weighted by atomic mass is 32.1. The van der Waals surface area contributed by atoms with Crippen LogP contribution in [-0.2, 0) is 34.5 Å². The number of nitrogens with zero attached hydrogens (tertiary/aromatic N) is 3. The van der Waals surface area contributed by atoms with Gasteiger partial charge < -0.3 is 19.5 Å². The normalized spacial score (nSPS) is 19.0. The van der Waals surface area contributed by atoms with E-state index < -0.39 is 0 Å². The summed E-state index contributed by atoms with van der Waals surface area (Å²) in [6.45, 7) is 4.50. The van der Waals surface area contributed by atoms with E-state index in [1.54, 1.807) is 16.2 Å². The quantitative estimate of drug-likeness (QED) is 0.517. The molecule has 0 unspecified atom stereocenters. The number of ether oxygens (including phenoxy) is 1. The maximum Gasteiger partial charge on any atom is 0.313 e. The van der Waals surface area contributed by atoms with Gasteiger partial charge in [0.1, 0.15) is 12.2 Å². The summed E-state index contributed by atoms with van der Waals surface area (Å²) in [5.74, 6) is 0.404. The molecule has 1 amide bonds. The lowest BCUT2D eigenvalue weighted by atomic mass is 9.96. The van der Waals surface area contributed by atoms with Crippen molar-refractivity contribution < 1.29 is 19.2 Å². The lowest BCUT2D eigenvalue weighted by Crippen LogP contribution is -3.12. The first kappa shape index (κ1) is 21.2. The Balaban J connectivity index is 1.53. The third-order valence-electron chi connectivity index (χ3n) is 5.22. The summed E-state index contributed by atoms with van der Waals surface area (Å²) in [6.07, 6.45) is 1.76. The van der Waals surface area contributed by atoms with Gasteiger partial charge in [-0.05, 0) is 31.3 Å². The predicted octanol–water partition coefficient (Wildman–Crippen LogP) is 0.948. The molecule has 1 fully saturated rings. The van der Waals surface area contributed by atoms with Crippen molar-refractivity contribution in [3.05, 3.63) is 40.9 Å². The second-order valence-corrected chi connectivity index (χ2v) is 7.64. The van der Waals surface area contributed by atoms with E-state index in [1.165, 1.54) is 4.90 Å². The molecule has 0 radical (unpaired) electrons. The molecular weight excluding hydrogens is 390 g/mol. The van der Waals surface area contributed by atoms with Gasteiger partial charge in [0.25, 0.3) is 0 Å². The summed E-state index contributed by atoms with van der Waals surface area (Å²) in [4.78, 5) is 25.6. The molecule has 0 atom stereocenters. The van der Waals surface area contributed by atoms with Crippen molar-refractivity contribution in [1.29, 1.82) is 0 Å². The van der Waals surface area contributed by atoms with Gasteiger partial charge in [-0.3, -0.25) is 9.59 Å². The second kappa shape index (κ2) is 9.80. The maximum atomic E-state index is 12.5. The number of quaternary nitrogens is 1. The van der Waals surface area contributed by atoms with Gasteiger partial charge in [-0.1, -0.05) is 18.2 Å². The van der Waals surface area contributed by atoms with E-state index in [2.05, 4.69) is 10.4 Å². The lowest BCUT2D eigenvalue weighted by molar-refractivity contribution is -0.928. The van der Waals surface area contributed by atoms with Gasteiger partial charge in [-0.2, -0.15) is 9.78 Å². The molecule has 0 bridgehead atoms. The van der Waals surface area contributed by atoms with Crippen LogP contribution in [0.5, 0.6) is 0 Å². The number of aromatic nitrogens is 3. The molecule has 0 spiro atoms. The van der Waals surface area contributed by atoms with Gasteiger partial charge in [-0.25, -0.2) is 0 Å². The van der Waals surface area contributed by atoms with Crippen LogP contribution >= 0.6 is 12.2 Å². The molecule has 1 aromatic carbocycles. The van der Waals surface area contributed by atoms with E-state index in [0.29, 0.717) is 23.9 Å². The standard InChI is InChI=1S/C20H27N5O3S/c1-3-28-18(26)13-17-22-25(20(29)23(17)2)14-24-11-9-15(10-12-24)19(27)21-16-7-5-4-6-8-16/h4-8,15H,3,9-14H2,1-2H3,(H,21,27)/p+1. The predicted molar refractivity (Wildman–Crippen MR) is 111 cm³/mol. The maximum absolute atomic E-state index is 12.5. The van der Waals surface area contributed by atoms with Crippen LogP contribution in [0.15, 0.2) is 30.3 Å². The van der Waals surface area contributed by atoms with Gasteiger partial charge >= 0.3 is 5.97 Å². The lowest BCUT2D eigenvalue weighted by Gasteiger charge is -2.28. The Labute approximate surface area is 175 Å².